The van der Waals surface area contributed by atoms with Gasteiger partial charge in [0.2, 0.25) is 11.8 Å². The second kappa shape index (κ2) is 7.00. The summed E-state index contributed by atoms with van der Waals surface area (Å²) in [5.41, 5.74) is 3.15. The average Bonchev–Trinajstić information content (AvgIpc) is 3.22. The van der Waals surface area contributed by atoms with Crippen molar-refractivity contribution in [2.24, 2.45) is 0 Å². The molecule has 3 aromatic rings. The van der Waals surface area contributed by atoms with E-state index in [0.29, 0.717) is 17.5 Å². The average molecular weight is 329 g/mol. The van der Waals surface area contributed by atoms with E-state index in [0.717, 1.165) is 23.4 Å². The van der Waals surface area contributed by atoms with Crippen LogP contribution in [0.25, 0.3) is 11.3 Å². The molecule has 2 aromatic heterocycles. The van der Waals surface area contributed by atoms with Gasteiger partial charge in [-0.2, -0.15) is 0 Å². The number of rotatable bonds is 6. The first-order valence-corrected chi connectivity index (χ1v) is 8.67. The van der Waals surface area contributed by atoms with E-state index in [9.17, 15) is 0 Å². The second-order valence-corrected chi connectivity index (χ2v) is 6.71. The van der Waals surface area contributed by atoms with Gasteiger partial charge in [0.15, 0.2) is 0 Å². The molecule has 23 heavy (non-hydrogen) atoms. The van der Waals surface area contributed by atoms with Crippen molar-refractivity contribution in [2.75, 3.05) is 0 Å². The Bertz CT molecular complexity index is 764. The van der Waals surface area contributed by atoms with Crippen molar-refractivity contribution in [3.63, 3.8) is 0 Å². The first-order chi connectivity index (χ1) is 11.2. The lowest BCUT2D eigenvalue weighted by molar-refractivity contribution is 0.397. The van der Waals surface area contributed by atoms with E-state index in [4.69, 9.17) is 8.94 Å². The summed E-state index contributed by atoms with van der Waals surface area (Å²) in [5.74, 6) is 2.88. The van der Waals surface area contributed by atoms with E-state index in [1.54, 1.807) is 11.8 Å². The third kappa shape index (κ3) is 3.82. The Kier molecular flexibility index (Phi) is 4.81. The van der Waals surface area contributed by atoms with Gasteiger partial charge in [0.05, 0.1) is 11.0 Å². The maximum absolute atomic E-state index is 5.58. The largest absolute Gasteiger partial charge is 0.424 e. The Morgan fingerprint density at radius 2 is 1.96 bits per heavy atom. The predicted molar refractivity (Wildman–Crippen MR) is 90.1 cm³/mol. The van der Waals surface area contributed by atoms with E-state index >= 15 is 0 Å². The summed E-state index contributed by atoms with van der Waals surface area (Å²) in [6, 6.07) is 10.2. The van der Waals surface area contributed by atoms with Gasteiger partial charge in [0.1, 0.15) is 11.5 Å². The summed E-state index contributed by atoms with van der Waals surface area (Å²) in [7, 11) is 0. The van der Waals surface area contributed by atoms with Crippen molar-refractivity contribution >= 4 is 11.8 Å². The molecule has 0 saturated carbocycles. The highest BCUT2D eigenvalue weighted by molar-refractivity contribution is 7.98. The van der Waals surface area contributed by atoms with Gasteiger partial charge in [-0.05, 0) is 13.8 Å². The molecule has 0 aliphatic rings. The summed E-state index contributed by atoms with van der Waals surface area (Å²) in [4.78, 5) is 0. The van der Waals surface area contributed by atoms with Crippen molar-refractivity contribution in [2.45, 2.75) is 38.2 Å². The fourth-order valence-electron chi connectivity index (χ4n) is 2.09. The molecule has 0 N–H and O–H groups in total. The van der Waals surface area contributed by atoms with Crippen LogP contribution in [0.1, 0.15) is 42.2 Å². The summed E-state index contributed by atoms with van der Waals surface area (Å²) >= 11 is 1.69. The summed E-state index contributed by atoms with van der Waals surface area (Å²) in [6.45, 7) is 6.11. The third-order valence-corrected chi connectivity index (χ3v) is 4.67. The quantitative estimate of drug-likeness (QED) is 0.659. The molecule has 0 spiro atoms. The molecule has 0 aliphatic heterocycles. The lowest BCUT2D eigenvalue weighted by atomic mass is 10.1. The van der Waals surface area contributed by atoms with Crippen LogP contribution in [0.5, 0.6) is 0 Å². The van der Waals surface area contributed by atoms with Crippen molar-refractivity contribution in [1.82, 2.24) is 15.4 Å². The fourth-order valence-corrected chi connectivity index (χ4v) is 2.88. The van der Waals surface area contributed by atoms with Gasteiger partial charge in [-0.25, -0.2) is 0 Å². The Morgan fingerprint density at radius 1 is 1.17 bits per heavy atom. The summed E-state index contributed by atoms with van der Waals surface area (Å²) in [6.07, 6.45) is 0.756. The lowest BCUT2D eigenvalue weighted by Crippen LogP contribution is -1.89. The second-order valence-electron chi connectivity index (χ2n) is 5.39. The van der Waals surface area contributed by atoms with Gasteiger partial charge < -0.3 is 8.94 Å². The maximum atomic E-state index is 5.58. The smallest absolute Gasteiger partial charge is 0.229 e. The fraction of sp³-hybridized carbons (Fsp3) is 0.353. The van der Waals surface area contributed by atoms with Crippen LogP contribution in [0, 0.1) is 6.92 Å². The molecule has 0 fully saturated rings. The molecule has 1 aromatic carbocycles. The monoisotopic (exact) mass is 329 g/mol. The van der Waals surface area contributed by atoms with Gasteiger partial charge in [-0.3, -0.25) is 0 Å². The Labute approximate surface area is 139 Å². The van der Waals surface area contributed by atoms with Crippen LogP contribution in [0.3, 0.4) is 0 Å². The van der Waals surface area contributed by atoms with E-state index in [1.165, 1.54) is 5.56 Å². The highest BCUT2D eigenvalue weighted by atomic mass is 32.2. The van der Waals surface area contributed by atoms with E-state index < -0.39 is 0 Å². The first-order valence-electron chi connectivity index (χ1n) is 7.62. The van der Waals surface area contributed by atoms with Gasteiger partial charge in [0, 0.05) is 18.1 Å². The lowest BCUT2D eigenvalue weighted by Gasteiger charge is -2.03. The minimum Gasteiger partial charge on any atom is -0.424 e. The summed E-state index contributed by atoms with van der Waals surface area (Å²) < 4.78 is 11.0. The number of hydrogen-bond donors (Lipinski definition) is 0. The molecular weight excluding hydrogens is 310 g/mol. The van der Waals surface area contributed by atoms with Gasteiger partial charge in [-0.1, -0.05) is 41.9 Å². The van der Waals surface area contributed by atoms with Crippen LogP contribution in [0.15, 0.2) is 39.3 Å². The van der Waals surface area contributed by atoms with Crippen LogP contribution in [0.2, 0.25) is 0 Å². The molecule has 0 unspecified atom stereocenters. The van der Waals surface area contributed by atoms with Crippen molar-refractivity contribution in [3.8, 4) is 11.3 Å². The maximum Gasteiger partial charge on any atom is 0.229 e. The molecule has 2 heterocycles. The van der Waals surface area contributed by atoms with Crippen LogP contribution in [-0.4, -0.2) is 15.4 Å². The first kappa shape index (κ1) is 15.8. The Hall–Kier alpha value is -2.08. The third-order valence-electron chi connectivity index (χ3n) is 3.51. The van der Waals surface area contributed by atoms with E-state index in [2.05, 4.69) is 53.5 Å². The molecule has 120 valence electrons. The van der Waals surface area contributed by atoms with Crippen LogP contribution in [0.4, 0.5) is 0 Å². The van der Waals surface area contributed by atoms with E-state index in [1.807, 2.05) is 13.0 Å². The SMILES string of the molecule is CCc1nnc([C@H](C)SCc2cc(-c3ccc(C)cc3)no2)o1. The molecule has 0 bridgehead atoms. The predicted octanol–water partition coefficient (Wildman–Crippen LogP) is 4.59. The molecule has 1 atom stereocenters. The Balaban J connectivity index is 1.61. The highest BCUT2D eigenvalue weighted by Crippen LogP contribution is 2.31. The number of benzene rings is 1. The molecule has 6 heteroatoms. The number of nitrogens with zero attached hydrogens (tertiary/aromatic N) is 3. The van der Waals surface area contributed by atoms with Gasteiger partial charge in [0.25, 0.3) is 0 Å². The molecule has 0 amide bonds. The van der Waals surface area contributed by atoms with Gasteiger partial charge in [-0.15, -0.1) is 22.0 Å². The normalized spacial score (nSPS) is 12.5. The Morgan fingerprint density at radius 3 is 2.65 bits per heavy atom. The van der Waals surface area contributed by atoms with Crippen LogP contribution in [-0.2, 0) is 12.2 Å². The standard InChI is InChI=1S/C17H19N3O2S/c1-4-16-18-19-17(21-16)12(3)23-10-14-9-15(20-22-14)13-7-5-11(2)6-8-13/h5-9,12H,4,10H2,1-3H3/t12-/m0/s1. The van der Waals surface area contributed by atoms with Gasteiger partial charge >= 0.3 is 0 Å². The molecule has 5 nitrogen and oxygen atoms in total. The number of hydrogen-bond acceptors (Lipinski definition) is 6. The molecular formula is C17H19N3O2S. The highest BCUT2D eigenvalue weighted by Gasteiger charge is 2.15. The minimum atomic E-state index is 0.121. The van der Waals surface area contributed by atoms with Crippen LogP contribution >= 0.6 is 11.8 Å². The molecule has 0 saturated heterocycles. The topological polar surface area (TPSA) is 65.0 Å². The van der Waals surface area contributed by atoms with Crippen molar-refractivity contribution in [3.05, 3.63) is 53.4 Å². The van der Waals surface area contributed by atoms with Crippen LogP contribution < -0.4 is 0 Å². The molecule has 0 radical (unpaired) electrons. The zero-order chi connectivity index (χ0) is 16.2. The van der Waals surface area contributed by atoms with E-state index in [-0.39, 0.29) is 5.25 Å². The number of aryl methyl sites for hydroxylation is 2. The zero-order valence-electron chi connectivity index (χ0n) is 13.4. The zero-order valence-corrected chi connectivity index (χ0v) is 14.3. The number of aromatic nitrogens is 3. The minimum absolute atomic E-state index is 0.121. The summed E-state index contributed by atoms with van der Waals surface area (Å²) in [5, 5.41) is 12.3. The molecule has 3 rings (SSSR count). The molecule has 0 aliphatic carbocycles. The van der Waals surface area contributed by atoms with Crippen molar-refractivity contribution in [1.29, 1.82) is 0 Å². The van der Waals surface area contributed by atoms with Crippen molar-refractivity contribution < 1.29 is 8.94 Å². The number of thioether (sulfide) groups is 1.